The number of aryl methyl sites for hydroxylation is 1. The minimum absolute atomic E-state index is 0.230. The normalized spacial score (nSPS) is 16.7. The molecule has 1 aliphatic rings. The number of rotatable bonds is 3. The van der Waals surface area contributed by atoms with Crippen LogP contribution >= 0.6 is 0 Å². The lowest BCUT2D eigenvalue weighted by molar-refractivity contribution is -0.143. The van der Waals surface area contributed by atoms with Crippen molar-refractivity contribution in [1.29, 1.82) is 0 Å². The summed E-state index contributed by atoms with van der Waals surface area (Å²) in [6.07, 6.45) is 2.63. The Balaban J connectivity index is 2.32. The molecule has 0 fully saturated rings. The zero-order valence-electron chi connectivity index (χ0n) is 10.8. The van der Waals surface area contributed by atoms with E-state index in [2.05, 4.69) is 5.16 Å². The molecule has 18 heavy (non-hydrogen) atoms. The number of aromatic nitrogens is 1. The quantitative estimate of drug-likeness (QED) is 0.506. The molecular weight excluding hydrogens is 232 g/mol. The van der Waals surface area contributed by atoms with Gasteiger partial charge < -0.3 is 14.5 Å². The Labute approximate surface area is 106 Å². The molecule has 1 N–H and O–H groups in total. The zero-order chi connectivity index (χ0) is 13.1. The molecule has 0 radical (unpaired) electrons. The van der Waals surface area contributed by atoms with Crippen molar-refractivity contribution in [1.82, 2.24) is 4.57 Å². The van der Waals surface area contributed by atoms with Crippen LogP contribution in [0.5, 0.6) is 0 Å². The van der Waals surface area contributed by atoms with Gasteiger partial charge in [0.15, 0.2) is 0 Å². The van der Waals surface area contributed by atoms with Gasteiger partial charge in [-0.2, -0.15) is 0 Å². The fraction of sp³-hybridized carbons (Fsp3) is 0.538. The van der Waals surface area contributed by atoms with E-state index in [9.17, 15) is 4.79 Å². The zero-order valence-corrected chi connectivity index (χ0v) is 10.8. The maximum Gasteiger partial charge on any atom is 0.325 e. The van der Waals surface area contributed by atoms with Crippen molar-refractivity contribution in [3.63, 3.8) is 0 Å². The summed E-state index contributed by atoms with van der Waals surface area (Å²) < 4.78 is 6.93. The highest BCUT2D eigenvalue weighted by Crippen LogP contribution is 2.25. The minimum atomic E-state index is -0.230. The molecule has 0 aliphatic heterocycles. The molecule has 0 unspecified atom stereocenters. The first-order valence-electron chi connectivity index (χ1n) is 6.23. The summed E-state index contributed by atoms with van der Waals surface area (Å²) in [5.41, 5.74) is 3.74. The van der Waals surface area contributed by atoms with Gasteiger partial charge in [-0.25, -0.2) is 0 Å². The summed E-state index contributed by atoms with van der Waals surface area (Å²) in [4.78, 5) is 11.6. The monoisotopic (exact) mass is 250 g/mol. The fourth-order valence-corrected chi connectivity index (χ4v) is 2.47. The first-order chi connectivity index (χ1) is 8.67. The maximum atomic E-state index is 11.6. The van der Waals surface area contributed by atoms with Crippen molar-refractivity contribution in [2.75, 3.05) is 6.61 Å². The Morgan fingerprint density at radius 2 is 2.33 bits per heavy atom. The molecule has 0 aromatic carbocycles. The van der Waals surface area contributed by atoms with Crippen LogP contribution in [0.25, 0.3) is 0 Å². The molecule has 1 heterocycles. The van der Waals surface area contributed by atoms with Crippen LogP contribution < -0.4 is 0 Å². The van der Waals surface area contributed by atoms with E-state index in [1.165, 1.54) is 0 Å². The number of fused-ring (bicyclic) bond motifs is 1. The first kappa shape index (κ1) is 12.7. The van der Waals surface area contributed by atoms with Crippen LogP contribution in [-0.4, -0.2) is 28.1 Å². The van der Waals surface area contributed by atoms with Gasteiger partial charge in [-0.05, 0) is 39.2 Å². The standard InChI is InChI=1S/C13H18N2O3/c1-3-18-13(16)8-15-9(2)7-10-11(14-17)5-4-6-12(10)15/h7,17H,3-6,8H2,1-2H3/b14-11+. The van der Waals surface area contributed by atoms with Gasteiger partial charge in [0.05, 0.1) is 12.3 Å². The number of nitrogens with zero attached hydrogens (tertiary/aromatic N) is 2. The highest BCUT2D eigenvalue weighted by molar-refractivity contribution is 6.02. The average molecular weight is 250 g/mol. The largest absolute Gasteiger partial charge is 0.465 e. The van der Waals surface area contributed by atoms with Gasteiger partial charge in [-0.1, -0.05) is 5.16 Å². The summed E-state index contributed by atoms with van der Waals surface area (Å²) in [5, 5.41) is 12.3. The average Bonchev–Trinajstić information content (AvgIpc) is 2.66. The second kappa shape index (κ2) is 5.25. The van der Waals surface area contributed by atoms with Gasteiger partial charge in [0.25, 0.3) is 0 Å². The summed E-state index contributed by atoms with van der Waals surface area (Å²) in [7, 11) is 0. The summed E-state index contributed by atoms with van der Waals surface area (Å²) >= 11 is 0. The van der Waals surface area contributed by atoms with Crippen LogP contribution in [0.2, 0.25) is 0 Å². The number of ether oxygens (including phenoxy) is 1. The summed E-state index contributed by atoms with van der Waals surface area (Å²) in [6.45, 7) is 4.37. The molecule has 0 saturated heterocycles. The van der Waals surface area contributed by atoms with Gasteiger partial charge in [-0.3, -0.25) is 4.79 Å². The van der Waals surface area contributed by atoms with E-state index >= 15 is 0 Å². The third-order valence-electron chi connectivity index (χ3n) is 3.27. The van der Waals surface area contributed by atoms with Crippen molar-refractivity contribution in [3.8, 4) is 0 Å². The molecule has 1 aromatic rings. The van der Waals surface area contributed by atoms with E-state index in [1.807, 2.05) is 17.6 Å². The number of hydrogen-bond donors (Lipinski definition) is 1. The Morgan fingerprint density at radius 3 is 3.00 bits per heavy atom. The second-order valence-corrected chi connectivity index (χ2v) is 4.44. The molecule has 0 atom stereocenters. The number of esters is 1. The molecular formula is C13H18N2O3. The number of hydrogen-bond acceptors (Lipinski definition) is 4. The van der Waals surface area contributed by atoms with Crippen molar-refractivity contribution < 1.29 is 14.7 Å². The van der Waals surface area contributed by atoms with Gasteiger partial charge in [0.2, 0.25) is 0 Å². The fourth-order valence-electron chi connectivity index (χ4n) is 2.47. The molecule has 2 rings (SSSR count). The Bertz CT molecular complexity index is 489. The van der Waals surface area contributed by atoms with Crippen molar-refractivity contribution in [2.24, 2.45) is 5.16 Å². The van der Waals surface area contributed by atoms with E-state index in [1.54, 1.807) is 6.92 Å². The Kier molecular flexibility index (Phi) is 3.69. The van der Waals surface area contributed by atoms with Crippen LogP contribution in [0.4, 0.5) is 0 Å². The van der Waals surface area contributed by atoms with Gasteiger partial charge in [0, 0.05) is 17.0 Å². The number of carbonyl (C=O) groups excluding carboxylic acids is 1. The molecule has 5 nitrogen and oxygen atoms in total. The van der Waals surface area contributed by atoms with Gasteiger partial charge in [-0.15, -0.1) is 0 Å². The van der Waals surface area contributed by atoms with Crippen LogP contribution in [-0.2, 0) is 22.5 Å². The van der Waals surface area contributed by atoms with Crippen molar-refractivity contribution in [2.45, 2.75) is 39.7 Å². The van der Waals surface area contributed by atoms with E-state index in [4.69, 9.17) is 9.94 Å². The lowest BCUT2D eigenvalue weighted by Gasteiger charge is -2.16. The molecule has 0 spiro atoms. The highest BCUT2D eigenvalue weighted by atomic mass is 16.5. The summed E-state index contributed by atoms with van der Waals surface area (Å²) in [6, 6.07) is 1.97. The highest BCUT2D eigenvalue weighted by Gasteiger charge is 2.22. The van der Waals surface area contributed by atoms with E-state index < -0.39 is 0 Å². The molecule has 1 aliphatic carbocycles. The predicted octanol–water partition coefficient (Wildman–Crippen LogP) is 1.87. The molecule has 0 saturated carbocycles. The maximum absolute atomic E-state index is 11.6. The molecule has 1 aromatic heterocycles. The second-order valence-electron chi connectivity index (χ2n) is 4.44. The van der Waals surface area contributed by atoms with Gasteiger partial charge in [0.1, 0.15) is 6.54 Å². The van der Waals surface area contributed by atoms with Crippen LogP contribution in [0.3, 0.4) is 0 Å². The smallest absolute Gasteiger partial charge is 0.325 e. The molecule has 0 bridgehead atoms. The lowest BCUT2D eigenvalue weighted by Crippen LogP contribution is -2.19. The topological polar surface area (TPSA) is 63.8 Å². The first-order valence-corrected chi connectivity index (χ1v) is 6.23. The van der Waals surface area contributed by atoms with E-state index in [0.717, 1.165) is 36.2 Å². The Morgan fingerprint density at radius 1 is 1.56 bits per heavy atom. The lowest BCUT2D eigenvalue weighted by atomic mass is 9.96. The Hall–Kier alpha value is -1.78. The third-order valence-corrected chi connectivity index (χ3v) is 3.27. The molecule has 5 heteroatoms. The van der Waals surface area contributed by atoms with E-state index in [-0.39, 0.29) is 12.5 Å². The molecule has 98 valence electrons. The number of oxime groups is 1. The van der Waals surface area contributed by atoms with Crippen molar-refractivity contribution in [3.05, 3.63) is 23.0 Å². The summed E-state index contributed by atoms with van der Waals surface area (Å²) in [5.74, 6) is -0.230. The van der Waals surface area contributed by atoms with Crippen molar-refractivity contribution >= 4 is 11.7 Å². The van der Waals surface area contributed by atoms with Crippen LogP contribution in [0.1, 0.15) is 36.7 Å². The minimum Gasteiger partial charge on any atom is -0.465 e. The van der Waals surface area contributed by atoms with Crippen LogP contribution in [0, 0.1) is 6.92 Å². The molecule has 0 amide bonds. The van der Waals surface area contributed by atoms with Crippen LogP contribution in [0.15, 0.2) is 11.2 Å². The van der Waals surface area contributed by atoms with E-state index in [0.29, 0.717) is 12.3 Å². The third kappa shape index (κ3) is 2.25. The SMILES string of the molecule is CCOC(=O)Cn1c(C)cc2c1CCC/C2=N\O. The number of carbonyl (C=O) groups is 1. The predicted molar refractivity (Wildman–Crippen MR) is 67.1 cm³/mol. The van der Waals surface area contributed by atoms with Gasteiger partial charge >= 0.3 is 5.97 Å².